The average Bonchev–Trinajstić information content (AvgIpc) is 2.44. The number of rotatable bonds is 3. The third kappa shape index (κ3) is 2.60. The molecule has 0 heterocycles. The highest BCUT2D eigenvalue weighted by atomic mass is 35.5. The Kier molecular flexibility index (Phi) is 3.35. The predicted octanol–water partition coefficient (Wildman–Crippen LogP) is 3.59. The second-order valence-electron chi connectivity index (χ2n) is 7.14. The molecule has 0 amide bonds. The number of anilines is 1. The summed E-state index contributed by atoms with van der Waals surface area (Å²) in [5.41, 5.74) is 3.66. The molecule has 0 spiro atoms. The number of nitro groups is 1. The third-order valence-electron chi connectivity index (χ3n) is 5.45. The van der Waals surface area contributed by atoms with Crippen molar-refractivity contribution in [3.8, 4) is 0 Å². The van der Waals surface area contributed by atoms with Crippen molar-refractivity contribution in [3.05, 3.63) is 33.3 Å². The summed E-state index contributed by atoms with van der Waals surface area (Å²) in [6.07, 6.45) is 4.57. The second kappa shape index (κ2) is 5.18. The van der Waals surface area contributed by atoms with Crippen molar-refractivity contribution in [2.75, 3.05) is 5.43 Å². The topological polar surface area (TPSA) is 87.8 Å². The molecule has 4 fully saturated rings. The van der Waals surface area contributed by atoms with Crippen molar-refractivity contribution in [2.45, 2.75) is 37.7 Å². The lowest BCUT2D eigenvalue weighted by Gasteiger charge is -2.54. The molecule has 4 aliphatic rings. The van der Waals surface area contributed by atoms with E-state index in [4.69, 9.17) is 11.6 Å². The zero-order chi connectivity index (χ0) is 16.2. The number of hydrogen-bond acceptors (Lipinski definition) is 5. The summed E-state index contributed by atoms with van der Waals surface area (Å²) in [5.74, 6) is 1.17. The number of benzene rings is 1. The molecule has 1 aromatic rings. The Balaban J connectivity index is 1.61. The van der Waals surface area contributed by atoms with Crippen molar-refractivity contribution in [1.82, 2.24) is 0 Å². The summed E-state index contributed by atoms with van der Waals surface area (Å²) in [4.78, 5) is 10.7. The van der Waals surface area contributed by atoms with Crippen LogP contribution < -0.4 is 5.43 Å². The first-order valence-corrected chi connectivity index (χ1v) is 8.31. The number of aliphatic hydroxyl groups is 1. The zero-order valence-corrected chi connectivity index (χ0v) is 13.3. The van der Waals surface area contributed by atoms with Gasteiger partial charge in [-0.3, -0.25) is 15.5 Å². The van der Waals surface area contributed by atoms with Crippen LogP contribution in [0.2, 0.25) is 5.02 Å². The highest BCUT2D eigenvalue weighted by molar-refractivity contribution is 6.31. The molecule has 1 aromatic carbocycles. The lowest BCUT2D eigenvalue weighted by molar-refractivity contribution is -0.384. The lowest BCUT2D eigenvalue weighted by atomic mass is 9.53. The van der Waals surface area contributed by atoms with E-state index in [1.165, 1.54) is 18.2 Å². The van der Waals surface area contributed by atoms with Crippen molar-refractivity contribution in [2.24, 2.45) is 22.9 Å². The molecular weight excluding hydrogens is 318 g/mol. The molecule has 0 saturated heterocycles. The van der Waals surface area contributed by atoms with Crippen LogP contribution in [0.25, 0.3) is 0 Å². The minimum Gasteiger partial charge on any atom is -0.390 e. The fraction of sp³-hybridized carbons (Fsp3) is 0.562. The number of halogens is 1. The van der Waals surface area contributed by atoms with Crippen LogP contribution in [0.3, 0.4) is 0 Å². The van der Waals surface area contributed by atoms with E-state index in [1.54, 1.807) is 0 Å². The summed E-state index contributed by atoms with van der Waals surface area (Å²) in [7, 11) is 0. The molecule has 2 N–H and O–H groups in total. The summed E-state index contributed by atoms with van der Waals surface area (Å²) >= 11 is 5.94. The van der Waals surface area contributed by atoms with E-state index >= 15 is 0 Å². The van der Waals surface area contributed by atoms with E-state index < -0.39 is 10.5 Å². The zero-order valence-electron chi connectivity index (χ0n) is 12.5. The smallest absolute Gasteiger partial charge is 0.294 e. The van der Waals surface area contributed by atoms with Gasteiger partial charge in [-0.25, -0.2) is 0 Å². The number of nitrogens with one attached hydrogen (secondary N) is 1. The van der Waals surface area contributed by atoms with Gasteiger partial charge in [0.2, 0.25) is 0 Å². The molecule has 5 rings (SSSR count). The predicted molar refractivity (Wildman–Crippen MR) is 87.7 cm³/mol. The first kappa shape index (κ1) is 14.9. The van der Waals surface area contributed by atoms with Gasteiger partial charge in [0.25, 0.3) is 5.69 Å². The Morgan fingerprint density at radius 1 is 1.30 bits per heavy atom. The lowest BCUT2D eigenvalue weighted by Crippen LogP contribution is -2.55. The maximum Gasteiger partial charge on any atom is 0.294 e. The van der Waals surface area contributed by atoms with Crippen LogP contribution in [0, 0.1) is 27.9 Å². The molecule has 4 saturated carbocycles. The van der Waals surface area contributed by atoms with Gasteiger partial charge in [0.05, 0.1) is 10.5 Å². The van der Waals surface area contributed by atoms with Gasteiger partial charge in [-0.1, -0.05) is 11.6 Å². The first-order valence-electron chi connectivity index (χ1n) is 7.93. The molecule has 4 aliphatic carbocycles. The second-order valence-corrected chi connectivity index (χ2v) is 7.57. The third-order valence-corrected chi connectivity index (χ3v) is 5.69. The minimum atomic E-state index is -0.516. The quantitative estimate of drug-likeness (QED) is 0.652. The summed E-state index contributed by atoms with van der Waals surface area (Å²) in [5, 5.41) is 26.6. The van der Waals surface area contributed by atoms with Crippen LogP contribution in [0.15, 0.2) is 23.3 Å². The first-order chi connectivity index (χ1) is 10.9. The monoisotopic (exact) mass is 335 g/mol. The van der Waals surface area contributed by atoms with Crippen LogP contribution in [0.5, 0.6) is 0 Å². The molecule has 122 valence electrons. The molecule has 0 unspecified atom stereocenters. The van der Waals surface area contributed by atoms with E-state index in [2.05, 4.69) is 10.5 Å². The molecule has 2 atom stereocenters. The molecule has 0 radical (unpaired) electrons. The van der Waals surface area contributed by atoms with Crippen molar-refractivity contribution in [3.63, 3.8) is 0 Å². The van der Waals surface area contributed by atoms with E-state index in [0.717, 1.165) is 37.8 Å². The molecule has 0 aliphatic heterocycles. The van der Waals surface area contributed by atoms with Crippen LogP contribution in [-0.4, -0.2) is 21.3 Å². The molecule has 23 heavy (non-hydrogen) atoms. The van der Waals surface area contributed by atoms with Gasteiger partial charge in [0.1, 0.15) is 5.69 Å². The van der Waals surface area contributed by atoms with Crippen molar-refractivity contribution >= 4 is 28.7 Å². The summed E-state index contributed by atoms with van der Waals surface area (Å²) in [6.45, 7) is 0. The standard InChI is InChI=1S/C16H18ClN3O3/c17-12-1-2-14(20(22)23)13(5-12)18-19-15-10-3-9-4-11(15)8-16(21,6-9)7-10/h1-2,5,9-11,18,21H,3-4,6-8H2/t9?,10-,11-,16?/m1/s1. The number of hydrogen-bond donors (Lipinski definition) is 2. The van der Waals surface area contributed by atoms with Gasteiger partial charge < -0.3 is 5.11 Å². The van der Waals surface area contributed by atoms with Gasteiger partial charge in [-0.2, -0.15) is 5.10 Å². The van der Waals surface area contributed by atoms with E-state index in [0.29, 0.717) is 16.6 Å². The Hall–Kier alpha value is -1.66. The van der Waals surface area contributed by atoms with Crippen molar-refractivity contribution < 1.29 is 10.0 Å². The molecule has 6 nitrogen and oxygen atoms in total. The van der Waals surface area contributed by atoms with Crippen LogP contribution in [0.1, 0.15) is 32.1 Å². The number of nitro benzene ring substituents is 1. The van der Waals surface area contributed by atoms with Crippen molar-refractivity contribution in [1.29, 1.82) is 0 Å². The Morgan fingerprint density at radius 3 is 2.61 bits per heavy atom. The van der Waals surface area contributed by atoms with Crippen LogP contribution in [-0.2, 0) is 0 Å². The summed E-state index contributed by atoms with van der Waals surface area (Å²) in [6, 6.07) is 4.40. The van der Waals surface area contributed by atoms with Gasteiger partial charge in [-0.05, 0) is 50.2 Å². The highest BCUT2D eigenvalue weighted by Crippen LogP contribution is 2.54. The maximum absolute atomic E-state index is 11.1. The average molecular weight is 336 g/mol. The fourth-order valence-corrected chi connectivity index (χ4v) is 4.96. The molecule has 4 bridgehead atoms. The van der Waals surface area contributed by atoms with Crippen LogP contribution >= 0.6 is 11.6 Å². The largest absolute Gasteiger partial charge is 0.390 e. The molecule has 0 aromatic heterocycles. The summed E-state index contributed by atoms with van der Waals surface area (Å²) < 4.78 is 0. The van der Waals surface area contributed by atoms with E-state index in [1.807, 2.05) is 0 Å². The highest BCUT2D eigenvalue weighted by Gasteiger charge is 2.53. The Bertz CT molecular complexity index is 688. The van der Waals surface area contributed by atoms with Crippen LogP contribution in [0.4, 0.5) is 11.4 Å². The number of hydrazone groups is 1. The normalized spacial score (nSPS) is 34.5. The van der Waals surface area contributed by atoms with Gasteiger partial charge >= 0.3 is 0 Å². The minimum absolute atomic E-state index is 0.0406. The van der Waals surface area contributed by atoms with E-state index in [9.17, 15) is 15.2 Å². The SMILES string of the molecule is O=[N+]([O-])c1ccc(Cl)cc1NN=C1[C@@H]2CC3C[C@@H]1CC(O)(C3)C2. The Morgan fingerprint density at radius 2 is 2.00 bits per heavy atom. The van der Waals surface area contributed by atoms with Gasteiger partial charge in [0.15, 0.2) is 0 Å². The van der Waals surface area contributed by atoms with E-state index in [-0.39, 0.29) is 17.5 Å². The van der Waals surface area contributed by atoms with Gasteiger partial charge in [-0.15, -0.1) is 0 Å². The fourth-order valence-electron chi connectivity index (χ4n) is 4.79. The van der Waals surface area contributed by atoms with Gasteiger partial charge in [0, 0.05) is 28.6 Å². The Labute approximate surface area is 138 Å². The number of nitrogens with zero attached hydrogens (tertiary/aromatic N) is 2. The maximum atomic E-state index is 11.1. The molecule has 7 heteroatoms. The molecular formula is C16H18ClN3O3.